The van der Waals surface area contributed by atoms with Crippen LogP contribution in [-0.2, 0) is 21.0 Å². The van der Waals surface area contributed by atoms with E-state index in [1.54, 1.807) is 10.8 Å². The molecule has 0 spiro atoms. The van der Waals surface area contributed by atoms with Gasteiger partial charge in [0.05, 0.1) is 7.11 Å². The fraction of sp³-hybridized carbons (Fsp3) is 0.615. The van der Waals surface area contributed by atoms with E-state index in [4.69, 9.17) is 4.74 Å². The summed E-state index contributed by atoms with van der Waals surface area (Å²) in [4.78, 5) is 26.9. The molecule has 1 rings (SSSR count). The number of rotatable bonds is 8. The normalized spacial score (nSPS) is 11.4. The number of Topliss-reactive ketones (excluding diaryl/α,β-unsaturated/α-hetero) is 1. The highest BCUT2D eigenvalue weighted by Crippen LogP contribution is 2.09. The van der Waals surface area contributed by atoms with E-state index in [0.29, 0.717) is 6.61 Å². The Kier molecular flexibility index (Phi) is 6.09. The molecule has 0 saturated carbocycles. The minimum absolute atomic E-state index is 0.225. The van der Waals surface area contributed by atoms with Gasteiger partial charge in [0.2, 0.25) is 5.78 Å². The van der Waals surface area contributed by atoms with E-state index in [1.165, 1.54) is 13.3 Å². The Morgan fingerprint density at radius 1 is 1.35 bits per heavy atom. The van der Waals surface area contributed by atoms with Gasteiger partial charge >= 0.3 is 5.97 Å². The van der Waals surface area contributed by atoms with Crippen LogP contribution >= 0.6 is 0 Å². The summed E-state index contributed by atoms with van der Waals surface area (Å²) in [5, 5.41) is 0. The maximum Gasteiger partial charge on any atom is 0.313 e. The first kappa shape index (κ1) is 16.6. The second kappa shape index (κ2) is 7.35. The summed E-state index contributed by atoms with van der Waals surface area (Å²) in [7, 11) is 0.132. The maximum atomic E-state index is 11.9. The fourth-order valence-electron chi connectivity index (χ4n) is 1.49. The average molecular weight is 298 g/mol. The molecule has 0 aliphatic rings. The number of aromatic nitrogens is 2. The molecule has 0 saturated heterocycles. The van der Waals surface area contributed by atoms with Crippen LogP contribution in [0.4, 0.5) is 0 Å². The summed E-state index contributed by atoms with van der Waals surface area (Å²) in [6, 6.07) is 1.06. The third-order valence-corrected chi connectivity index (χ3v) is 4.43. The van der Waals surface area contributed by atoms with Crippen molar-refractivity contribution in [2.75, 3.05) is 13.7 Å². The number of carbonyl (C=O) groups is 2. The van der Waals surface area contributed by atoms with Crippen LogP contribution in [0.2, 0.25) is 25.7 Å². The zero-order valence-corrected chi connectivity index (χ0v) is 13.5. The first-order valence-electron chi connectivity index (χ1n) is 6.52. The highest BCUT2D eigenvalue weighted by molar-refractivity contribution is 6.76. The minimum atomic E-state index is -1.12. The van der Waals surface area contributed by atoms with Gasteiger partial charge in [0.15, 0.2) is 5.82 Å². The predicted octanol–water partition coefficient (Wildman–Crippen LogP) is 1.94. The number of esters is 1. The molecule has 0 aromatic carbocycles. The molecule has 0 N–H and O–H groups in total. The van der Waals surface area contributed by atoms with Crippen LogP contribution in [-0.4, -0.2) is 43.1 Å². The van der Waals surface area contributed by atoms with Gasteiger partial charge in [-0.2, -0.15) is 0 Å². The number of carbonyl (C=O) groups excluding carboxylic acids is 2. The highest BCUT2D eigenvalue weighted by atomic mass is 28.3. The van der Waals surface area contributed by atoms with Crippen molar-refractivity contribution in [3.05, 3.63) is 18.2 Å². The molecule has 20 heavy (non-hydrogen) atoms. The van der Waals surface area contributed by atoms with E-state index < -0.39 is 14.0 Å². The minimum Gasteiger partial charge on any atom is -0.469 e. The molecule has 0 unspecified atom stereocenters. The third-order valence-electron chi connectivity index (χ3n) is 2.72. The van der Waals surface area contributed by atoms with Crippen LogP contribution in [0, 0.1) is 0 Å². The van der Waals surface area contributed by atoms with Crippen molar-refractivity contribution in [1.82, 2.24) is 9.55 Å². The standard InChI is InChI=1S/C13H22N2O4Si/c1-18-12(17)9-11(16)13-14-5-6-15(13)10-19-7-8-20(2,3)4/h5-6H,7-10H2,1-4H3. The number of hydrogen-bond acceptors (Lipinski definition) is 5. The second-order valence-corrected chi connectivity index (χ2v) is 11.4. The Morgan fingerprint density at radius 3 is 2.65 bits per heavy atom. The molecule has 0 radical (unpaired) electrons. The summed E-state index contributed by atoms with van der Waals surface area (Å²) in [5.74, 6) is -0.705. The van der Waals surface area contributed by atoms with Gasteiger partial charge < -0.3 is 14.0 Å². The second-order valence-electron chi connectivity index (χ2n) is 5.74. The zero-order valence-electron chi connectivity index (χ0n) is 12.5. The number of hydrogen-bond donors (Lipinski definition) is 0. The van der Waals surface area contributed by atoms with E-state index >= 15 is 0 Å². The number of methoxy groups -OCH3 is 1. The van der Waals surface area contributed by atoms with Crippen molar-refractivity contribution in [3.8, 4) is 0 Å². The van der Waals surface area contributed by atoms with Gasteiger partial charge in [-0.05, 0) is 6.04 Å². The Hall–Kier alpha value is -1.47. The van der Waals surface area contributed by atoms with E-state index in [0.717, 1.165) is 6.04 Å². The molecule has 0 aliphatic carbocycles. The van der Waals surface area contributed by atoms with Gasteiger partial charge in [0, 0.05) is 27.1 Å². The van der Waals surface area contributed by atoms with Gasteiger partial charge in [-0.3, -0.25) is 9.59 Å². The van der Waals surface area contributed by atoms with Crippen LogP contribution in [0.15, 0.2) is 12.4 Å². The molecular formula is C13H22N2O4Si. The molecule has 1 heterocycles. The van der Waals surface area contributed by atoms with Crippen molar-refractivity contribution in [1.29, 1.82) is 0 Å². The van der Waals surface area contributed by atoms with E-state index in [9.17, 15) is 9.59 Å². The highest BCUT2D eigenvalue weighted by Gasteiger charge is 2.17. The summed E-state index contributed by atoms with van der Waals surface area (Å²) in [6.45, 7) is 7.77. The molecule has 0 aliphatic heterocycles. The lowest BCUT2D eigenvalue weighted by Crippen LogP contribution is -2.22. The van der Waals surface area contributed by atoms with Crippen molar-refractivity contribution in [3.63, 3.8) is 0 Å². The summed E-state index contributed by atoms with van der Waals surface area (Å²) in [5.41, 5.74) is 0. The molecule has 7 heteroatoms. The van der Waals surface area contributed by atoms with Crippen LogP contribution < -0.4 is 0 Å². The number of ketones is 1. The van der Waals surface area contributed by atoms with Crippen LogP contribution in [0.3, 0.4) is 0 Å². The summed E-state index contributed by atoms with van der Waals surface area (Å²) in [6.07, 6.45) is 2.88. The molecule has 0 fully saturated rings. The van der Waals surface area contributed by atoms with Crippen LogP contribution in [0.25, 0.3) is 0 Å². The molecule has 112 valence electrons. The Morgan fingerprint density at radius 2 is 2.05 bits per heavy atom. The lowest BCUT2D eigenvalue weighted by Gasteiger charge is -2.15. The van der Waals surface area contributed by atoms with E-state index in [1.807, 2.05) is 0 Å². The third kappa shape index (κ3) is 5.66. The van der Waals surface area contributed by atoms with Gasteiger partial charge in [-0.15, -0.1) is 0 Å². The largest absolute Gasteiger partial charge is 0.469 e. The number of ether oxygens (including phenoxy) is 2. The SMILES string of the molecule is COC(=O)CC(=O)c1nccn1COCC[Si](C)(C)C. The van der Waals surface area contributed by atoms with Crippen molar-refractivity contribution in [2.45, 2.75) is 38.8 Å². The van der Waals surface area contributed by atoms with Crippen LogP contribution in [0.1, 0.15) is 17.0 Å². The summed E-state index contributed by atoms with van der Waals surface area (Å²) >= 11 is 0. The van der Waals surface area contributed by atoms with Gasteiger partial charge in [0.1, 0.15) is 13.2 Å². The lowest BCUT2D eigenvalue weighted by molar-refractivity contribution is -0.139. The molecule has 1 aromatic heterocycles. The quantitative estimate of drug-likeness (QED) is 0.241. The van der Waals surface area contributed by atoms with Gasteiger partial charge in [-0.1, -0.05) is 19.6 Å². The van der Waals surface area contributed by atoms with E-state index in [2.05, 4.69) is 29.4 Å². The fourth-order valence-corrected chi connectivity index (χ4v) is 2.25. The van der Waals surface area contributed by atoms with E-state index in [-0.39, 0.29) is 24.8 Å². The maximum absolute atomic E-state index is 11.9. The Balaban J connectivity index is 2.50. The van der Waals surface area contributed by atoms with Gasteiger partial charge in [0.25, 0.3) is 0 Å². The Labute approximate surface area is 120 Å². The van der Waals surface area contributed by atoms with Gasteiger partial charge in [-0.25, -0.2) is 4.98 Å². The average Bonchev–Trinajstić information content (AvgIpc) is 2.81. The first-order valence-corrected chi connectivity index (χ1v) is 10.2. The molecule has 0 amide bonds. The topological polar surface area (TPSA) is 70.4 Å². The molecule has 6 nitrogen and oxygen atoms in total. The first-order chi connectivity index (χ1) is 9.33. The predicted molar refractivity (Wildman–Crippen MR) is 77.3 cm³/mol. The molecular weight excluding hydrogens is 276 g/mol. The molecule has 0 bridgehead atoms. The van der Waals surface area contributed by atoms with Crippen LogP contribution in [0.5, 0.6) is 0 Å². The summed E-state index contributed by atoms with van der Waals surface area (Å²) < 4.78 is 11.6. The molecule has 0 atom stereocenters. The van der Waals surface area contributed by atoms with Crippen molar-refractivity contribution < 1.29 is 19.1 Å². The zero-order chi connectivity index (χ0) is 15.2. The smallest absolute Gasteiger partial charge is 0.313 e. The van der Waals surface area contributed by atoms with Crippen molar-refractivity contribution in [2.24, 2.45) is 0 Å². The monoisotopic (exact) mass is 298 g/mol. The van der Waals surface area contributed by atoms with Crippen molar-refractivity contribution >= 4 is 19.8 Å². The number of nitrogens with zero attached hydrogens (tertiary/aromatic N) is 2. The molecule has 1 aromatic rings. The number of imidazole rings is 1. The lowest BCUT2D eigenvalue weighted by atomic mass is 10.3. The Bertz CT molecular complexity index is 465.